The number of alkyl halides is 1. The SMILES string of the molecule is F[C@H]1C[C@@H](c2ccccc2)n2nc(SCc3ccccc3)nc21. The molecule has 116 valence electrons. The maximum absolute atomic E-state index is 14.3. The van der Waals surface area contributed by atoms with Crippen LogP contribution >= 0.6 is 11.8 Å². The Kier molecular flexibility index (Phi) is 3.87. The number of benzene rings is 2. The van der Waals surface area contributed by atoms with Gasteiger partial charge in [-0.25, -0.2) is 14.1 Å². The number of rotatable bonds is 4. The molecule has 0 spiro atoms. The second kappa shape index (κ2) is 6.16. The molecule has 0 N–H and O–H groups in total. The van der Waals surface area contributed by atoms with Crippen LogP contribution in [-0.2, 0) is 5.75 Å². The maximum Gasteiger partial charge on any atom is 0.209 e. The van der Waals surface area contributed by atoms with E-state index in [0.717, 1.165) is 11.3 Å². The van der Waals surface area contributed by atoms with Crippen molar-refractivity contribution < 1.29 is 4.39 Å². The van der Waals surface area contributed by atoms with Gasteiger partial charge in [-0.2, -0.15) is 0 Å². The number of aromatic nitrogens is 3. The highest BCUT2D eigenvalue weighted by molar-refractivity contribution is 7.98. The van der Waals surface area contributed by atoms with Crippen molar-refractivity contribution in [1.29, 1.82) is 0 Å². The summed E-state index contributed by atoms with van der Waals surface area (Å²) >= 11 is 1.55. The lowest BCUT2D eigenvalue weighted by molar-refractivity contribution is 0.327. The average molecular weight is 325 g/mol. The van der Waals surface area contributed by atoms with Gasteiger partial charge in [0.25, 0.3) is 0 Å². The van der Waals surface area contributed by atoms with Crippen molar-refractivity contribution in [3.63, 3.8) is 0 Å². The molecule has 2 atom stereocenters. The highest BCUT2D eigenvalue weighted by atomic mass is 32.2. The number of hydrogen-bond acceptors (Lipinski definition) is 3. The average Bonchev–Trinajstić information content (AvgIpc) is 3.15. The lowest BCUT2D eigenvalue weighted by Gasteiger charge is -2.11. The van der Waals surface area contributed by atoms with Crippen LogP contribution in [0, 0.1) is 0 Å². The largest absolute Gasteiger partial charge is 0.239 e. The van der Waals surface area contributed by atoms with E-state index < -0.39 is 6.17 Å². The Labute approximate surface area is 138 Å². The van der Waals surface area contributed by atoms with Crippen molar-refractivity contribution in [2.45, 2.75) is 29.5 Å². The molecule has 23 heavy (non-hydrogen) atoms. The maximum atomic E-state index is 14.3. The molecule has 1 aliphatic rings. The molecule has 0 aliphatic carbocycles. The van der Waals surface area contributed by atoms with Crippen LogP contribution in [0.3, 0.4) is 0 Å². The van der Waals surface area contributed by atoms with E-state index in [1.54, 1.807) is 16.4 Å². The first-order valence-corrected chi connectivity index (χ1v) is 8.62. The first-order chi connectivity index (χ1) is 11.3. The van der Waals surface area contributed by atoms with Crippen molar-refractivity contribution in [2.75, 3.05) is 0 Å². The summed E-state index contributed by atoms with van der Waals surface area (Å²) in [6, 6.07) is 20.1. The fourth-order valence-corrected chi connectivity index (χ4v) is 3.69. The molecule has 1 aliphatic heterocycles. The van der Waals surface area contributed by atoms with Crippen molar-refractivity contribution in [1.82, 2.24) is 14.8 Å². The van der Waals surface area contributed by atoms with E-state index in [2.05, 4.69) is 22.2 Å². The molecule has 3 nitrogen and oxygen atoms in total. The fraction of sp³-hybridized carbons (Fsp3) is 0.222. The van der Waals surface area contributed by atoms with Gasteiger partial charge in [0.2, 0.25) is 5.16 Å². The summed E-state index contributed by atoms with van der Waals surface area (Å²) in [4.78, 5) is 4.40. The summed E-state index contributed by atoms with van der Waals surface area (Å²) in [5.41, 5.74) is 2.29. The number of nitrogens with zero attached hydrogens (tertiary/aromatic N) is 3. The number of hydrogen-bond donors (Lipinski definition) is 0. The zero-order chi connectivity index (χ0) is 15.6. The molecule has 0 radical (unpaired) electrons. The summed E-state index contributed by atoms with van der Waals surface area (Å²) in [6.07, 6.45) is -0.623. The molecule has 4 rings (SSSR count). The molecule has 1 aromatic heterocycles. The molecule has 2 heterocycles. The minimum atomic E-state index is -1.04. The first kappa shape index (κ1) is 14.5. The van der Waals surface area contributed by atoms with Gasteiger partial charge in [0, 0.05) is 12.2 Å². The Morgan fingerprint density at radius 3 is 2.48 bits per heavy atom. The van der Waals surface area contributed by atoms with Crippen molar-refractivity contribution in [3.05, 3.63) is 77.6 Å². The second-order valence-electron chi connectivity index (χ2n) is 5.60. The van der Waals surface area contributed by atoms with Gasteiger partial charge in [0.1, 0.15) is 0 Å². The van der Waals surface area contributed by atoms with Gasteiger partial charge in [-0.3, -0.25) is 0 Å². The topological polar surface area (TPSA) is 30.7 Å². The van der Waals surface area contributed by atoms with Crippen LogP contribution in [0.15, 0.2) is 65.8 Å². The summed E-state index contributed by atoms with van der Waals surface area (Å²) < 4.78 is 16.1. The Bertz CT molecular complexity index is 789. The smallest absolute Gasteiger partial charge is 0.209 e. The Balaban J connectivity index is 1.56. The van der Waals surface area contributed by atoms with E-state index in [1.165, 1.54) is 5.56 Å². The zero-order valence-corrected chi connectivity index (χ0v) is 13.3. The third-order valence-electron chi connectivity index (χ3n) is 4.04. The van der Waals surface area contributed by atoms with Crippen LogP contribution < -0.4 is 0 Å². The zero-order valence-electron chi connectivity index (χ0n) is 12.5. The van der Waals surface area contributed by atoms with Crippen molar-refractivity contribution >= 4 is 11.8 Å². The first-order valence-electron chi connectivity index (χ1n) is 7.63. The lowest BCUT2D eigenvalue weighted by atomic mass is 10.0. The van der Waals surface area contributed by atoms with E-state index in [4.69, 9.17) is 0 Å². The van der Waals surface area contributed by atoms with Gasteiger partial charge in [0.05, 0.1) is 6.04 Å². The molecule has 2 aromatic carbocycles. The van der Waals surface area contributed by atoms with Gasteiger partial charge in [-0.05, 0) is 11.1 Å². The summed E-state index contributed by atoms with van der Waals surface area (Å²) in [6.45, 7) is 0. The molecule has 0 fully saturated rings. The van der Waals surface area contributed by atoms with Gasteiger partial charge in [0.15, 0.2) is 12.0 Å². The third-order valence-corrected chi connectivity index (χ3v) is 4.95. The van der Waals surface area contributed by atoms with Crippen LogP contribution in [0.5, 0.6) is 0 Å². The highest BCUT2D eigenvalue weighted by Gasteiger charge is 2.35. The number of halogens is 1. The Morgan fingerprint density at radius 1 is 1.04 bits per heavy atom. The highest BCUT2D eigenvalue weighted by Crippen LogP contribution is 2.40. The van der Waals surface area contributed by atoms with Crippen LogP contribution in [0.25, 0.3) is 0 Å². The summed E-state index contributed by atoms with van der Waals surface area (Å²) in [7, 11) is 0. The van der Waals surface area contributed by atoms with Crippen molar-refractivity contribution in [3.8, 4) is 0 Å². The predicted molar refractivity (Wildman–Crippen MR) is 89.1 cm³/mol. The van der Waals surface area contributed by atoms with E-state index in [9.17, 15) is 4.39 Å². The van der Waals surface area contributed by atoms with E-state index in [0.29, 0.717) is 17.4 Å². The van der Waals surface area contributed by atoms with E-state index >= 15 is 0 Å². The lowest BCUT2D eigenvalue weighted by Crippen LogP contribution is -2.07. The van der Waals surface area contributed by atoms with Gasteiger partial charge in [-0.15, -0.1) is 5.10 Å². The van der Waals surface area contributed by atoms with E-state index in [1.807, 2.05) is 48.5 Å². The summed E-state index contributed by atoms with van der Waals surface area (Å²) in [5.74, 6) is 1.24. The van der Waals surface area contributed by atoms with Crippen molar-refractivity contribution in [2.24, 2.45) is 0 Å². The number of thioether (sulfide) groups is 1. The molecule has 3 aromatic rings. The second-order valence-corrected chi connectivity index (χ2v) is 6.54. The monoisotopic (exact) mass is 325 g/mol. The molecule has 0 saturated carbocycles. The molecular weight excluding hydrogens is 309 g/mol. The molecule has 0 saturated heterocycles. The van der Waals surface area contributed by atoms with Gasteiger partial charge >= 0.3 is 0 Å². The van der Waals surface area contributed by atoms with Crippen LogP contribution in [0.2, 0.25) is 0 Å². The molecule has 0 bridgehead atoms. The summed E-state index contributed by atoms with van der Waals surface area (Å²) in [5, 5.41) is 5.19. The molecular formula is C18H16FN3S. The van der Waals surface area contributed by atoms with E-state index in [-0.39, 0.29) is 6.04 Å². The van der Waals surface area contributed by atoms with Gasteiger partial charge in [-0.1, -0.05) is 72.4 Å². The standard InChI is InChI=1S/C18H16FN3S/c19-15-11-16(14-9-5-2-6-10-14)22-17(15)20-18(21-22)23-12-13-7-3-1-4-8-13/h1-10,15-16H,11-12H2/t15-,16-/m0/s1. The Morgan fingerprint density at radius 2 is 1.74 bits per heavy atom. The molecule has 5 heteroatoms. The van der Waals surface area contributed by atoms with Crippen LogP contribution in [-0.4, -0.2) is 14.8 Å². The predicted octanol–water partition coefficient (Wildman–Crippen LogP) is 4.57. The quantitative estimate of drug-likeness (QED) is 0.658. The molecule has 0 amide bonds. The van der Waals surface area contributed by atoms with Gasteiger partial charge < -0.3 is 0 Å². The minimum absolute atomic E-state index is 0.0558. The third kappa shape index (κ3) is 2.88. The van der Waals surface area contributed by atoms with Crippen LogP contribution in [0.1, 0.15) is 35.6 Å². The minimum Gasteiger partial charge on any atom is -0.239 e. The number of fused-ring (bicyclic) bond motifs is 1. The fourth-order valence-electron chi connectivity index (χ4n) is 2.89. The Hall–Kier alpha value is -2.14. The normalized spacial score (nSPS) is 19.7. The molecule has 0 unspecified atom stereocenters. The van der Waals surface area contributed by atoms with Crippen LogP contribution in [0.4, 0.5) is 4.39 Å².